The van der Waals surface area contributed by atoms with Gasteiger partial charge in [0.2, 0.25) is 0 Å². The molecule has 0 bridgehead atoms. The second kappa shape index (κ2) is 7.64. The normalized spacial score (nSPS) is 10.6. The second-order valence-electron chi connectivity index (χ2n) is 5.20. The number of benzene rings is 1. The van der Waals surface area contributed by atoms with E-state index in [9.17, 15) is 4.79 Å². The number of nitrogens with zero attached hydrogens (tertiary/aromatic N) is 2. The van der Waals surface area contributed by atoms with Crippen molar-refractivity contribution in [2.45, 2.75) is 19.9 Å². The second-order valence-corrected chi connectivity index (χ2v) is 5.20. The van der Waals surface area contributed by atoms with E-state index >= 15 is 0 Å². The largest absolute Gasteiger partial charge is 0.370 e. The molecule has 0 saturated carbocycles. The van der Waals surface area contributed by atoms with Gasteiger partial charge in [-0.25, -0.2) is 0 Å². The van der Waals surface area contributed by atoms with E-state index in [1.807, 2.05) is 12.3 Å². The van der Waals surface area contributed by atoms with Crippen LogP contribution >= 0.6 is 0 Å². The van der Waals surface area contributed by atoms with Crippen LogP contribution < -0.4 is 16.2 Å². The van der Waals surface area contributed by atoms with Crippen LogP contribution in [0, 0.1) is 6.92 Å². The van der Waals surface area contributed by atoms with Crippen molar-refractivity contribution in [3.8, 4) is 0 Å². The molecular formula is C17H23N3O. The summed E-state index contributed by atoms with van der Waals surface area (Å²) < 4.78 is 1.74. The summed E-state index contributed by atoms with van der Waals surface area (Å²) in [4.78, 5) is 14.1. The molecule has 1 heterocycles. The molecule has 4 heteroatoms. The molecule has 4 nitrogen and oxygen atoms in total. The highest BCUT2D eigenvalue weighted by atomic mass is 16.1. The lowest BCUT2D eigenvalue weighted by molar-refractivity contribution is 0.627. The molecule has 112 valence electrons. The highest BCUT2D eigenvalue weighted by Gasteiger charge is 2.07. The van der Waals surface area contributed by atoms with E-state index in [1.54, 1.807) is 16.7 Å². The van der Waals surface area contributed by atoms with Gasteiger partial charge in [-0.1, -0.05) is 18.2 Å². The standard InChI is InChI=1S/C17H23N3O/c1-15-6-4-7-16(14-15)19(11-5-9-18)12-13-20-10-3-2-8-17(20)21/h2-4,6-8,10,14H,5,9,11-13,18H2,1H3. The first kappa shape index (κ1) is 15.3. The third kappa shape index (κ3) is 4.46. The summed E-state index contributed by atoms with van der Waals surface area (Å²) in [6.45, 7) is 5.15. The van der Waals surface area contributed by atoms with Crippen LogP contribution in [0.4, 0.5) is 5.69 Å². The molecule has 0 aliphatic heterocycles. The number of pyridine rings is 1. The van der Waals surface area contributed by atoms with Crippen LogP contribution in [0.5, 0.6) is 0 Å². The Bertz CT molecular complexity index is 621. The van der Waals surface area contributed by atoms with E-state index in [0.717, 1.165) is 19.5 Å². The van der Waals surface area contributed by atoms with E-state index in [0.29, 0.717) is 13.1 Å². The van der Waals surface area contributed by atoms with Crippen molar-refractivity contribution in [3.63, 3.8) is 0 Å². The minimum Gasteiger partial charge on any atom is -0.370 e. The van der Waals surface area contributed by atoms with Crippen molar-refractivity contribution in [3.05, 3.63) is 64.6 Å². The lowest BCUT2D eigenvalue weighted by Crippen LogP contribution is -2.32. The summed E-state index contributed by atoms with van der Waals surface area (Å²) >= 11 is 0. The van der Waals surface area contributed by atoms with Gasteiger partial charge in [0, 0.05) is 37.6 Å². The predicted octanol–water partition coefficient (Wildman–Crippen LogP) is 2.01. The molecule has 2 N–H and O–H groups in total. The van der Waals surface area contributed by atoms with Crippen LogP contribution in [0.25, 0.3) is 0 Å². The van der Waals surface area contributed by atoms with Gasteiger partial charge in [0.1, 0.15) is 0 Å². The van der Waals surface area contributed by atoms with Gasteiger partial charge in [-0.05, 0) is 43.7 Å². The highest BCUT2D eigenvalue weighted by molar-refractivity contribution is 5.48. The lowest BCUT2D eigenvalue weighted by Gasteiger charge is -2.25. The van der Waals surface area contributed by atoms with Gasteiger partial charge in [-0.2, -0.15) is 0 Å². The maximum absolute atomic E-state index is 11.8. The zero-order valence-electron chi connectivity index (χ0n) is 12.5. The molecule has 0 aliphatic rings. The van der Waals surface area contributed by atoms with Crippen molar-refractivity contribution in [2.24, 2.45) is 5.73 Å². The molecule has 1 aromatic carbocycles. The molecule has 2 aromatic rings. The Kier molecular flexibility index (Phi) is 5.58. The van der Waals surface area contributed by atoms with Gasteiger partial charge in [0.15, 0.2) is 0 Å². The molecule has 1 aromatic heterocycles. The summed E-state index contributed by atoms with van der Waals surface area (Å²) in [6.07, 6.45) is 2.78. The fourth-order valence-electron chi connectivity index (χ4n) is 2.35. The molecule has 0 atom stereocenters. The number of rotatable bonds is 7. The summed E-state index contributed by atoms with van der Waals surface area (Å²) in [5, 5.41) is 0. The van der Waals surface area contributed by atoms with Crippen molar-refractivity contribution in [2.75, 3.05) is 24.5 Å². The molecule has 2 rings (SSSR count). The van der Waals surface area contributed by atoms with Gasteiger partial charge in [0.25, 0.3) is 5.56 Å². The zero-order chi connectivity index (χ0) is 15.1. The average molecular weight is 285 g/mol. The number of hydrogen-bond acceptors (Lipinski definition) is 3. The summed E-state index contributed by atoms with van der Waals surface area (Å²) in [5.41, 5.74) is 8.10. The lowest BCUT2D eigenvalue weighted by atomic mass is 10.2. The van der Waals surface area contributed by atoms with Gasteiger partial charge < -0.3 is 15.2 Å². The first-order chi connectivity index (χ1) is 10.2. The van der Waals surface area contributed by atoms with Crippen molar-refractivity contribution in [1.29, 1.82) is 0 Å². The molecular weight excluding hydrogens is 262 g/mol. The summed E-state index contributed by atoms with van der Waals surface area (Å²) in [5.74, 6) is 0. The van der Waals surface area contributed by atoms with E-state index in [4.69, 9.17) is 5.73 Å². The quantitative estimate of drug-likeness (QED) is 0.846. The molecule has 0 radical (unpaired) electrons. The van der Waals surface area contributed by atoms with E-state index in [1.165, 1.54) is 11.3 Å². The Balaban J connectivity index is 2.10. The van der Waals surface area contributed by atoms with Crippen LogP contribution in [-0.4, -0.2) is 24.2 Å². The maximum Gasteiger partial charge on any atom is 0.250 e. The fraction of sp³-hybridized carbons (Fsp3) is 0.353. The Morgan fingerprint density at radius 3 is 2.71 bits per heavy atom. The van der Waals surface area contributed by atoms with Crippen LogP contribution in [0.15, 0.2) is 53.5 Å². The molecule has 0 spiro atoms. The molecule has 0 aliphatic carbocycles. The van der Waals surface area contributed by atoms with E-state index in [-0.39, 0.29) is 5.56 Å². The molecule has 0 amide bonds. The molecule has 0 unspecified atom stereocenters. The van der Waals surface area contributed by atoms with E-state index in [2.05, 4.69) is 36.1 Å². The Morgan fingerprint density at radius 2 is 2.00 bits per heavy atom. The van der Waals surface area contributed by atoms with Gasteiger partial charge in [-0.3, -0.25) is 4.79 Å². The summed E-state index contributed by atoms with van der Waals surface area (Å²) in [7, 11) is 0. The number of aromatic nitrogens is 1. The van der Waals surface area contributed by atoms with Crippen molar-refractivity contribution in [1.82, 2.24) is 4.57 Å². The predicted molar refractivity (Wildman–Crippen MR) is 87.8 cm³/mol. The third-order valence-electron chi connectivity index (χ3n) is 3.51. The topological polar surface area (TPSA) is 51.3 Å². The minimum atomic E-state index is 0.0421. The number of anilines is 1. The smallest absolute Gasteiger partial charge is 0.250 e. The monoisotopic (exact) mass is 285 g/mol. The minimum absolute atomic E-state index is 0.0421. The molecule has 0 fully saturated rings. The Hall–Kier alpha value is -2.07. The van der Waals surface area contributed by atoms with Crippen molar-refractivity contribution >= 4 is 5.69 Å². The van der Waals surface area contributed by atoms with Crippen LogP contribution in [0.3, 0.4) is 0 Å². The summed E-state index contributed by atoms with van der Waals surface area (Å²) in [6, 6.07) is 13.7. The van der Waals surface area contributed by atoms with Gasteiger partial charge in [0.05, 0.1) is 0 Å². The number of aryl methyl sites for hydroxylation is 1. The maximum atomic E-state index is 11.8. The number of hydrogen-bond donors (Lipinski definition) is 1. The SMILES string of the molecule is Cc1cccc(N(CCCN)CCn2ccccc2=O)c1. The van der Waals surface area contributed by atoms with E-state index < -0.39 is 0 Å². The fourth-order valence-corrected chi connectivity index (χ4v) is 2.35. The van der Waals surface area contributed by atoms with Crippen molar-refractivity contribution < 1.29 is 0 Å². The highest BCUT2D eigenvalue weighted by Crippen LogP contribution is 2.16. The van der Waals surface area contributed by atoms with Gasteiger partial charge in [-0.15, -0.1) is 0 Å². The third-order valence-corrected chi connectivity index (χ3v) is 3.51. The number of nitrogens with two attached hydrogens (primary N) is 1. The van der Waals surface area contributed by atoms with Crippen LogP contribution in [-0.2, 0) is 6.54 Å². The van der Waals surface area contributed by atoms with Crippen LogP contribution in [0.1, 0.15) is 12.0 Å². The van der Waals surface area contributed by atoms with Gasteiger partial charge >= 0.3 is 0 Å². The Labute approximate surface area is 125 Å². The zero-order valence-corrected chi connectivity index (χ0v) is 12.5. The first-order valence-corrected chi connectivity index (χ1v) is 7.38. The average Bonchev–Trinajstić information content (AvgIpc) is 2.49. The molecule has 21 heavy (non-hydrogen) atoms. The molecule has 0 saturated heterocycles. The Morgan fingerprint density at radius 1 is 1.14 bits per heavy atom. The first-order valence-electron chi connectivity index (χ1n) is 7.38. The van der Waals surface area contributed by atoms with Crippen LogP contribution in [0.2, 0.25) is 0 Å².